The summed E-state index contributed by atoms with van der Waals surface area (Å²) in [6.07, 6.45) is 8.62. The molecule has 0 fully saturated rings. The molecular weight excluding hydrogens is 476 g/mol. The quantitative estimate of drug-likeness (QED) is 0.359. The van der Waals surface area contributed by atoms with Gasteiger partial charge in [-0.15, -0.1) is 0 Å². The molecule has 0 aromatic heterocycles. The number of hydrogen-bond acceptors (Lipinski definition) is 3. The number of phenolic OH excluding ortho intramolecular Hbond substituents is 1. The summed E-state index contributed by atoms with van der Waals surface area (Å²) in [4.78, 5) is 0.408. The number of benzene rings is 2. The fourth-order valence-electron chi connectivity index (χ4n) is 5.76. The van der Waals surface area contributed by atoms with Crippen LogP contribution in [0.15, 0.2) is 65.6 Å². The van der Waals surface area contributed by atoms with Gasteiger partial charge in [0.15, 0.2) is 9.84 Å². The summed E-state index contributed by atoms with van der Waals surface area (Å²) < 4.78 is 25.5. The lowest BCUT2D eigenvalue weighted by atomic mass is 9.69. The van der Waals surface area contributed by atoms with E-state index in [9.17, 15) is 13.5 Å². The predicted octanol–water partition coefficient (Wildman–Crippen LogP) is 8.57. The summed E-state index contributed by atoms with van der Waals surface area (Å²) >= 11 is 0. The van der Waals surface area contributed by atoms with Gasteiger partial charge in [-0.2, -0.15) is 0 Å². The number of hydrogen-bond donors (Lipinski definition) is 1. The Morgan fingerprint density at radius 2 is 1.59 bits per heavy atom. The summed E-state index contributed by atoms with van der Waals surface area (Å²) in [6.45, 7) is 17.7. The SMILES string of the molecule is CCCCS(=O)(=O)C1=CCC(c2cc(C(C)(C)CC(C)(C)C)cc(C(C)(C)c3ccccc3)c2O)C=C1. The minimum Gasteiger partial charge on any atom is -0.507 e. The zero-order valence-electron chi connectivity index (χ0n) is 24.1. The lowest BCUT2D eigenvalue weighted by molar-refractivity contribution is 0.283. The second-order valence-electron chi connectivity index (χ2n) is 13.1. The van der Waals surface area contributed by atoms with Crippen LogP contribution in [0, 0.1) is 5.41 Å². The van der Waals surface area contributed by atoms with E-state index in [1.165, 1.54) is 5.56 Å². The van der Waals surface area contributed by atoms with E-state index in [1.54, 1.807) is 6.08 Å². The average molecular weight is 523 g/mol. The van der Waals surface area contributed by atoms with Gasteiger partial charge in [0.2, 0.25) is 0 Å². The normalized spacial score (nSPS) is 17.1. The lowest BCUT2D eigenvalue weighted by Gasteiger charge is -2.36. The molecular formula is C33H46O3S. The van der Waals surface area contributed by atoms with Crippen molar-refractivity contribution in [2.24, 2.45) is 5.41 Å². The van der Waals surface area contributed by atoms with Gasteiger partial charge < -0.3 is 5.11 Å². The van der Waals surface area contributed by atoms with Crippen molar-refractivity contribution in [2.45, 2.75) is 97.8 Å². The van der Waals surface area contributed by atoms with Crippen LogP contribution in [0.5, 0.6) is 5.75 Å². The maximum Gasteiger partial charge on any atom is 0.178 e. The molecule has 0 amide bonds. The first-order valence-electron chi connectivity index (χ1n) is 13.6. The highest BCUT2D eigenvalue weighted by Gasteiger charge is 2.34. The Morgan fingerprint density at radius 3 is 2.14 bits per heavy atom. The van der Waals surface area contributed by atoms with E-state index in [0.29, 0.717) is 23.5 Å². The number of aromatic hydroxyl groups is 1. The van der Waals surface area contributed by atoms with Crippen molar-refractivity contribution in [2.75, 3.05) is 5.75 Å². The third kappa shape index (κ3) is 6.76. The van der Waals surface area contributed by atoms with E-state index < -0.39 is 15.3 Å². The first kappa shape index (κ1) is 29.2. The summed E-state index contributed by atoms with van der Waals surface area (Å²) in [5.41, 5.74) is 3.76. The van der Waals surface area contributed by atoms with Crippen LogP contribution in [0.1, 0.15) is 109 Å². The molecule has 1 aliphatic carbocycles. The van der Waals surface area contributed by atoms with Crippen LogP contribution in [0.2, 0.25) is 0 Å². The maximum absolute atomic E-state index is 12.7. The van der Waals surface area contributed by atoms with Gasteiger partial charge in [-0.05, 0) is 47.3 Å². The zero-order chi connectivity index (χ0) is 27.6. The molecule has 0 saturated heterocycles. The Hall–Kier alpha value is -2.33. The van der Waals surface area contributed by atoms with Crippen molar-refractivity contribution < 1.29 is 13.5 Å². The molecule has 2 aromatic rings. The van der Waals surface area contributed by atoms with Gasteiger partial charge in [0, 0.05) is 22.5 Å². The van der Waals surface area contributed by atoms with Gasteiger partial charge >= 0.3 is 0 Å². The molecule has 37 heavy (non-hydrogen) atoms. The summed E-state index contributed by atoms with van der Waals surface area (Å²) in [7, 11) is -3.27. The lowest BCUT2D eigenvalue weighted by Crippen LogP contribution is -2.27. The molecule has 0 saturated carbocycles. The molecule has 1 atom stereocenters. The number of sulfone groups is 1. The minimum absolute atomic E-state index is 0.0826. The highest BCUT2D eigenvalue weighted by molar-refractivity contribution is 7.95. The first-order chi connectivity index (χ1) is 17.1. The average Bonchev–Trinajstić information content (AvgIpc) is 2.82. The third-order valence-electron chi connectivity index (χ3n) is 7.65. The van der Waals surface area contributed by atoms with E-state index in [0.717, 1.165) is 29.5 Å². The largest absolute Gasteiger partial charge is 0.507 e. The number of allylic oxidation sites excluding steroid dienone is 3. The molecule has 3 rings (SSSR count). The zero-order valence-corrected chi connectivity index (χ0v) is 24.9. The van der Waals surface area contributed by atoms with Gasteiger partial charge in [-0.1, -0.05) is 116 Å². The summed E-state index contributed by atoms with van der Waals surface area (Å²) in [5.74, 6) is 0.409. The third-order valence-corrected chi connectivity index (χ3v) is 9.50. The second-order valence-corrected chi connectivity index (χ2v) is 15.2. The minimum atomic E-state index is -3.27. The molecule has 0 aliphatic heterocycles. The van der Waals surface area contributed by atoms with Crippen molar-refractivity contribution >= 4 is 9.84 Å². The van der Waals surface area contributed by atoms with Crippen LogP contribution in [0.4, 0.5) is 0 Å². The Kier molecular flexibility index (Phi) is 8.54. The highest BCUT2D eigenvalue weighted by atomic mass is 32.2. The van der Waals surface area contributed by atoms with Crippen LogP contribution in [0.25, 0.3) is 0 Å². The van der Waals surface area contributed by atoms with E-state index >= 15 is 0 Å². The topological polar surface area (TPSA) is 54.4 Å². The fourth-order valence-corrected chi connectivity index (χ4v) is 7.30. The van der Waals surface area contributed by atoms with Crippen molar-refractivity contribution in [3.05, 3.63) is 87.9 Å². The van der Waals surface area contributed by atoms with E-state index in [1.807, 2.05) is 37.3 Å². The first-order valence-corrected chi connectivity index (χ1v) is 15.3. The van der Waals surface area contributed by atoms with Crippen LogP contribution in [-0.2, 0) is 20.7 Å². The van der Waals surface area contributed by atoms with Crippen molar-refractivity contribution in [1.29, 1.82) is 0 Å². The van der Waals surface area contributed by atoms with Crippen LogP contribution >= 0.6 is 0 Å². The molecule has 0 radical (unpaired) electrons. The number of rotatable bonds is 9. The molecule has 1 aliphatic rings. The second kappa shape index (κ2) is 10.8. The van der Waals surface area contributed by atoms with Crippen molar-refractivity contribution in [1.82, 2.24) is 0 Å². The molecule has 1 unspecified atom stereocenters. The Labute approximate surface area is 225 Å². The molecule has 3 nitrogen and oxygen atoms in total. The standard InChI is InChI=1S/C33H46O3S/c1-9-10-20-37(35,36)27-18-16-24(17-19-27)28-21-26(32(5,6)23-31(2,3)4)22-29(30(28)34)33(7,8)25-14-12-11-13-15-25/h11-16,18-19,21-22,24,34H,9-10,17,20,23H2,1-8H3. The highest BCUT2D eigenvalue weighted by Crippen LogP contribution is 2.46. The molecule has 2 aromatic carbocycles. The monoisotopic (exact) mass is 522 g/mol. The van der Waals surface area contributed by atoms with E-state index in [4.69, 9.17) is 0 Å². The number of unbranched alkanes of at least 4 members (excludes halogenated alkanes) is 1. The van der Waals surface area contributed by atoms with Crippen molar-refractivity contribution in [3.63, 3.8) is 0 Å². The van der Waals surface area contributed by atoms with Crippen LogP contribution < -0.4 is 0 Å². The fraction of sp³-hybridized carbons (Fsp3) is 0.515. The Bertz CT molecular complexity index is 1260. The molecule has 0 spiro atoms. The number of phenols is 1. The summed E-state index contributed by atoms with van der Waals surface area (Å²) in [6, 6.07) is 14.7. The smallest absolute Gasteiger partial charge is 0.178 e. The molecule has 0 bridgehead atoms. The molecule has 1 N–H and O–H groups in total. The Morgan fingerprint density at radius 1 is 0.946 bits per heavy atom. The van der Waals surface area contributed by atoms with Crippen molar-refractivity contribution in [3.8, 4) is 5.75 Å². The van der Waals surface area contributed by atoms with Gasteiger partial charge in [0.05, 0.1) is 10.7 Å². The molecule has 0 heterocycles. The van der Waals surface area contributed by atoms with Gasteiger partial charge in [-0.25, -0.2) is 8.42 Å². The van der Waals surface area contributed by atoms with Crippen LogP contribution in [-0.4, -0.2) is 19.3 Å². The predicted molar refractivity (Wildman–Crippen MR) is 157 cm³/mol. The van der Waals surface area contributed by atoms with Crippen LogP contribution in [0.3, 0.4) is 0 Å². The molecule has 202 valence electrons. The van der Waals surface area contributed by atoms with Gasteiger partial charge in [0.25, 0.3) is 0 Å². The Balaban J connectivity index is 2.12. The summed E-state index contributed by atoms with van der Waals surface area (Å²) in [5, 5.41) is 11.7. The molecule has 4 heteroatoms. The maximum atomic E-state index is 12.7. The van der Waals surface area contributed by atoms with E-state index in [2.05, 4.69) is 72.7 Å². The van der Waals surface area contributed by atoms with Gasteiger partial charge in [-0.3, -0.25) is 0 Å². The van der Waals surface area contributed by atoms with E-state index in [-0.39, 0.29) is 22.5 Å². The van der Waals surface area contributed by atoms with Gasteiger partial charge in [0.1, 0.15) is 5.75 Å².